The second kappa shape index (κ2) is 6.06. The zero-order valence-corrected chi connectivity index (χ0v) is 14.5. The van der Waals surface area contributed by atoms with Gasteiger partial charge in [-0.15, -0.1) is 0 Å². The number of hydrogen-bond acceptors (Lipinski definition) is 5. The number of fused-ring (bicyclic) bond motifs is 3. The van der Waals surface area contributed by atoms with E-state index in [1.807, 2.05) is 47.5 Å². The maximum atomic E-state index is 10.3. The molecule has 2 aliphatic heterocycles. The fraction of sp³-hybridized carbons (Fsp3) is 0.136. The standard InChI is InChI=1S/C22H18N2O3/c25-15-11-9-14(10-12-15)22-24-19(17-6-2-4-8-21(17)27-22)13-18(23-24)16-5-1-3-7-20(16)26/h1-12,19,22,25-26H,13H2/t19-,22-/m1/s1. The van der Waals surface area contributed by atoms with Crippen molar-refractivity contribution >= 4 is 5.71 Å². The lowest BCUT2D eigenvalue weighted by molar-refractivity contribution is -0.0190. The summed E-state index contributed by atoms with van der Waals surface area (Å²) >= 11 is 0. The molecule has 2 atom stereocenters. The molecule has 27 heavy (non-hydrogen) atoms. The number of hydrogen-bond donors (Lipinski definition) is 2. The maximum Gasteiger partial charge on any atom is 0.213 e. The molecule has 0 aromatic heterocycles. The molecule has 5 rings (SSSR count). The van der Waals surface area contributed by atoms with E-state index in [1.165, 1.54) is 0 Å². The number of nitrogens with zero attached hydrogens (tertiary/aromatic N) is 2. The molecule has 5 nitrogen and oxygen atoms in total. The Labute approximate surface area is 156 Å². The third kappa shape index (κ3) is 2.59. The first-order valence-corrected chi connectivity index (χ1v) is 8.89. The van der Waals surface area contributed by atoms with Crippen molar-refractivity contribution in [2.45, 2.75) is 18.7 Å². The minimum atomic E-state index is -0.395. The summed E-state index contributed by atoms with van der Waals surface area (Å²) < 4.78 is 6.26. The predicted molar refractivity (Wildman–Crippen MR) is 102 cm³/mol. The number of para-hydroxylation sites is 2. The first-order valence-electron chi connectivity index (χ1n) is 8.89. The van der Waals surface area contributed by atoms with E-state index in [2.05, 4.69) is 6.07 Å². The molecule has 0 bridgehead atoms. The van der Waals surface area contributed by atoms with Crippen LogP contribution in [0.4, 0.5) is 0 Å². The number of aromatic hydroxyl groups is 2. The Balaban J connectivity index is 1.61. The van der Waals surface area contributed by atoms with Gasteiger partial charge >= 0.3 is 0 Å². The number of phenols is 2. The normalized spacial score (nSPS) is 20.4. The van der Waals surface area contributed by atoms with Crippen LogP contribution in [0.3, 0.4) is 0 Å². The first-order chi connectivity index (χ1) is 13.2. The van der Waals surface area contributed by atoms with E-state index in [4.69, 9.17) is 9.84 Å². The number of ether oxygens (including phenoxy) is 1. The molecule has 0 unspecified atom stereocenters. The summed E-state index contributed by atoms with van der Waals surface area (Å²) in [6, 6.07) is 22.3. The topological polar surface area (TPSA) is 65.3 Å². The highest BCUT2D eigenvalue weighted by Crippen LogP contribution is 2.47. The lowest BCUT2D eigenvalue weighted by Gasteiger charge is -2.38. The van der Waals surface area contributed by atoms with Gasteiger partial charge in [-0.1, -0.05) is 30.3 Å². The van der Waals surface area contributed by atoms with Gasteiger partial charge in [0.1, 0.15) is 17.2 Å². The molecule has 0 saturated carbocycles. The molecule has 5 heteroatoms. The Morgan fingerprint density at radius 3 is 2.44 bits per heavy atom. The summed E-state index contributed by atoms with van der Waals surface area (Å²) in [7, 11) is 0. The predicted octanol–water partition coefficient (Wildman–Crippen LogP) is 4.34. The van der Waals surface area contributed by atoms with Crippen LogP contribution in [0.2, 0.25) is 0 Å². The SMILES string of the molecule is Oc1ccc([C@H]2Oc3ccccc3[C@H]3CC(c4ccccc4O)=NN32)cc1. The minimum absolute atomic E-state index is 0.0309. The quantitative estimate of drug-likeness (QED) is 0.715. The molecule has 3 aromatic rings. The average Bonchev–Trinajstić information content (AvgIpc) is 3.14. The van der Waals surface area contributed by atoms with Crippen molar-refractivity contribution in [1.29, 1.82) is 0 Å². The Hall–Kier alpha value is -3.47. The van der Waals surface area contributed by atoms with Crippen molar-refractivity contribution < 1.29 is 14.9 Å². The highest BCUT2D eigenvalue weighted by Gasteiger charge is 2.41. The van der Waals surface area contributed by atoms with E-state index in [1.54, 1.807) is 24.3 Å². The highest BCUT2D eigenvalue weighted by atomic mass is 16.5. The van der Waals surface area contributed by atoms with Crippen molar-refractivity contribution in [3.8, 4) is 17.2 Å². The van der Waals surface area contributed by atoms with Crippen LogP contribution in [-0.4, -0.2) is 20.9 Å². The van der Waals surface area contributed by atoms with E-state index in [0.717, 1.165) is 28.2 Å². The third-order valence-corrected chi connectivity index (χ3v) is 5.09. The van der Waals surface area contributed by atoms with E-state index in [-0.39, 0.29) is 17.5 Å². The van der Waals surface area contributed by atoms with E-state index in [0.29, 0.717) is 6.42 Å². The van der Waals surface area contributed by atoms with Crippen LogP contribution in [0.25, 0.3) is 0 Å². The van der Waals surface area contributed by atoms with Crippen LogP contribution >= 0.6 is 0 Å². The van der Waals surface area contributed by atoms with Gasteiger partial charge in [0.25, 0.3) is 0 Å². The molecule has 0 spiro atoms. The van der Waals surface area contributed by atoms with Gasteiger partial charge < -0.3 is 14.9 Å². The second-order valence-corrected chi connectivity index (χ2v) is 6.76. The van der Waals surface area contributed by atoms with Gasteiger partial charge in [-0.25, -0.2) is 5.01 Å². The van der Waals surface area contributed by atoms with Gasteiger partial charge in [-0.05, 0) is 42.5 Å². The monoisotopic (exact) mass is 358 g/mol. The average molecular weight is 358 g/mol. The largest absolute Gasteiger partial charge is 0.508 e. The molecule has 134 valence electrons. The van der Waals surface area contributed by atoms with Gasteiger partial charge in [0.05, 0.1) is 11.8 Å². The molecule has 0 fully saturated rings. The number of phenolic OH excluding ortho intramolecular Hbond substituents is 2. The van der Waals surface area contributed by atoms with Crippen LogP contribution in [0.5, 0.6) is 17.2 Å². The molecule has 2 heterocycles. The summed E-state index contributed by atoms with van der Waals surface area (Å²) in [5.41, 5.74) is 3.58. The van der Waals surface area contributed by atoms with Crippen molar-refractivity contribution in [1.82, 2.24) is 5.01 Å². The summed E-state index contributed by atoms with van der Waals surface area (Å²) in [6.07, 6.45) is 0.292. The molecule has 0 saturated heterocycles. The van der Waals surface area contributed by atoms with Crippen molar-refractivity contribution in [3.05, 3.63) is 89.5 Å². The Morgan fingerprint density at radius 2 is 1.63 bits per heavy atom. The lowest BCUT2D eigenvalue weighted by atomic mass is 9.95. The number of hydrazone groups is 1. The Kier molecular flexibility index (Phi) is 3.53. The summed E-state index contributed by atoms with van der Waals surface area (Å²) in [5.74, 6) is 1.28. The van der Waals surface area contributed by atoms with Crippen molar-refractivity contribution in [2.75, 3.05) is 0 Å². The van der Waals surface area contributed by atoms with Crippen LogP contribution < -0.4 is 4.74 Å². The summed E-state index contributed by atoms with van der Waals surface area (Å²) in [4.78, 5) is 0. The van der Waals surface area contributed by atoms with Crippen molar-refractivity contribution in [2.24, 2.45) is 5.10 Å². The maximum absolute atomic E-state index is 10.3. The van der Waals surface area contributed by atoms with Crippen LogP contribution in [0.15, 0.2) is 77.9 Å². The highest BCUT2D eigenvalue weighted by molar-refractivity contribution is 6.04. The van der Waals surface area contributed by atoms with E-state index < -0.39 is 6.23 Å². The molecule has 0 radical (unpaired) electrons. The smallest absolute Gasteiger partial charge is 0.213 e. The fourth-order valence-corrected chi connectivity index (χ4v) is 3.77. The lowest BCUT2D eigenvalue weighted by Crippen LogP contribution is -2.33. The third-order valence-electron chi connectivity index (χ3n) is 5.09. The van der Waals surface area contributed by atoms with Gasteiger partial charge in [-0.3, -0.25) is 0 Å². The van der Waals surface area contributed by atoms with E-state index in [9.17, 15) is 10.2 Å². The molecule has 0 aliphatic carbocycles. The van der Waals surface area contributed by atoms with Gasteiger partial charge in [0, 0.05) is 23.1 Å². The molecule has 2 N–H and O–H groups in total. The molecular weight excluding hydrogens is 340 g/mol. The zero-order valence-electron chi connectivity index (χ0n) is 14.5. The van der Waals surface area contributed by atoms with Crippen molar-refractivity contribution in [3.63, 3.8) is 0 Å². The first kappa shape index (κ1) is 15.8. The number of benzene rings is 3. The van der Waals surface area contributed by atoms with Crippen LogP contribution in [0.1, 0.15) is 35.4 Å². The summed E-state index contributed by atoms with van der Waals surface area (Å²) in [5, 5.41) is 26.6. The summed E-state index contributed by atoms with van der Waals surface area (Å²) in [6.45, 7) is 0. The van der Waals surface area contributed by atoms with Gasteiger partial charge in [0.2, 0.25) is 6.23 Å². The molecule has 3 aromatic carbocycles. The van der Waals surface area contributed by atoms with Gasteiger partial charge in [-0.2, -0.15) is 5.10 Å². The molecular formula is C22H18N2O3. The molecule has 2 aliphatic rings. The second-order valence-electron chi connectivity index (χ2n) is 6.76. The van der Waals surface area contributed by atoms with Crippen LogP contribution in [0, 0.1) is 0 Å². The van der Waals surface area contributed by atoms with E-state index >= 15 is 0 Å². The Morgan fingerprint density at radius 1 is 0.889 bits per heavy atom. The molecule has 0 amide bonds. The Bertz CT molecular complexity index is 1030. The van der Waals surface area contributed by atoms with Crippen LogP contribution in [-0.2, 0) is 0 Å². The number of rotatable bonds is 2. The van der Waals surface area contributed by atoms with Gasteiger partial charge in [0.15, 0.2) is 0 Å². The zero-order chi connectivity index (χ0) is 18.4. The fourth-order valence-electron chi connectivity index (χ4n) is 3.77. The minimum Gasteiger partial charge on any atom is -0.508 e.